The van der Waals surface area contributed by atoms with Gasteiger partial charge in [-0.05, 0) is 18.6 Å². The van der Waals surface area contributed by atoms with E-state index in [0.717, 1.165) is 6.07 Å². The predicted molar refractivity (Wildman–Crippen MR) is 40.6 cm³/mol. The molecular weight excluding hydrogens is 148 g/mol. The van der Waals surface area contributed by atoms with Crippen LogP contribution < -0.4 is 5.32 Å². The Morgan fingerprint density at radius 2 is 1.82 bits per heavy atom. The van der Waals surface area contributed by atoms with Gasteiger partial charge >= 0.3 is 0 Å². The summed E-state index contributed by atoms with van der Waals surface area (Å²) in [4.78, 5) is 0. The molecule has 0 aromatic heterocycles. The first kappa shape index (κ1) is 7.98. The Hall–Kier alpha value is -1.12. The molecule has 1 rings (SSSR count). The Balaban J connectivity index is 3.21. The van der Waals surface area contributed by atoms with Crippen LogP contribution in [0, 0.1) is 18.6 Å². The number of aryl methyl sites for hydroxylation is 1. The van der Waals surface area contributed by atoms with Gasteiger partial charge in [-0.25, -0.2) is 8.78 Å². The lowest BCUT2D eigenvalue weighted by molar-refractivity contribution is 0.595. The minimum absolute atomic E-state index is 0.188. The normalized spacial score (nSPS) is 9.82. The highest BCUT2D eigenvalue weighted by molar-refractivity contribution is 5.46. The van der Waals surface area contributed by atoms with Gasteiger partial charge in [0.2, 0.25) is 0 Å². The number of rotatable bonds is 1. The monoisotopic (exact) mass is 157 g/mol. The summed E-state index contributed by atoms with van der Waals surface area (Å²) in [5.74, 6) is -0.817. The molecule has 0 bridgehead atoms. The molecule has 0 spiro atoms. The maximum atomic E-state index is 12.8. The number of anilines is 1. The Morgan fingerprint density at radius 1 is 1.18 bits per heavy atom. The fourth-order valence-electron chi connectivity index (χ4n) is 0.838. The van der Waals surface area contributed by atoms with E-state index in [1.165, 1.54) is 13.0 Å². The molecule has 0 aliphatic carbocycles. The fourth-order valence-corrected chi connectivity index (χ4v) is 0.838. The van der Waals surface area contributed by atoms with Gasteiger partial charge in [-0.2, -0.15) is 0 Å². The van der Waals surface area contributed by atoms with Crippen LogP contribution in [0.25, 0.3) is 0 Å². The van der Waals surface area contributed by atoms with Gasteiger partial charge in [0.15, 0.2) is 0 Å². The number of benzene rings is 1. The van der Waals surface area contributed by atoms with Gasteiger partial charge in [-0.15, -0.1) is 0 Å². The van der Waals surface area contributed by atoms with E-state index in [4.69, 9.17) is 0 Å². The van der Waals surface area contributed by atoms with Gasteiger partial charge in [-0.1, -0.05) is 0 Å². The van der Waals surface area contributed by atoms with Crippen LogP contribution in [-0.2, 0) is 0 Å². The quantitative estimate of drug-likeness (QED) is 0.659. The zero-order valence-electron chi connectivity index (χ0n) is 6.41. The van der Waals surface area contributed by atoms with Crippen LogP contribution in [0.1, 0.15) is 5.56 Å². The molecule has 0 radical (unpaired) electrons. The molecule has 0 aliphatic heterocycles. The molecule has 1 nitrogen and oxygen atoms in total. The molecule has 11 heavy (non-hydrogen) atoms. The molecule has 1 aromatic rings. The summed E-state index contributed by atoms with van der Waals surface area (Å²) in [5.41, 5.74) is 0.509. The van der Waals surface area contributed by atoms with Crippen molar-refractivity contribution in [3.63, 3.8) is 0 Å². The van der Waals surface area contributed by atoms with Crippen molar-refractivity contribution < 1.29 is 8.78 Å². The van der Waals surface area contributed by atoms with Crippen molar-refractivity contribution >= 4 is 5.69 Å². The summed E-state index contributed by atoms with van der Waals surface area (Å²) in [6.45, 7) is 1.53. The third-order valence-corrected chi connectivity index (χ3v) is 1.52. The second-order valence-electron chi connectivity index (χ2n) is 2.33. The maximum Gasteiger partial charge on any atom is 0.146 e. The molecule has 0 aliphatic rings. The second-order valence-corrected chi connectivity index (χ2v) is 2.33. The summed E-state index contributed by atoms with van der Waals surface area (Å²) in [5, 5.41) is 2.55. The van der Waals surface area contributed by atoms with Crippen LogP contribution in [0.15, 0.2) is 12.1 Å². The van der Waals surface area contributed by atoms with E-state index in [1.807, 2.05) is 0 Å². The highest BCUT2D eigenvalue weighted by atomic mass is 19.1. The molecule has 0 saturated heterocycles. The van der Waals surface area contributed by atoms with E-state index < -0.39 is 11.6 Å². The molecule has 0 saturated carbocycles. The van der Waals surface area contributed by atoms with Crippen molar-refractivity contribution in [3.05, 3.63) is 29.3 Å². The van der Waals surface area contributed by atoms with Crippen LogP contribution in [0.5, 0.6) is 0 Å². The Bertz CT molecular complexity index is 271. The third kappa shape index (κ3) is 1.48. The van der Waals surface area contributed by atoms with Gasteiger partial charge in [0.1, 0.15) is 11.6 Å². The van der Waals surface area contributed by atoms with E-state index in [2.05, 4.69) is 5.32 Å². The molecule has 0 fully saturated rings. The number of hydrogen-bond donors (Lipinski definition) is 1. The van der Waals surface area contributed by atoms with Crippen molar-refractivity contribution in [1.82, 2.24) is 0 Å². The zero-order chi connectivity index (χ0) is 8.43. The average molecular weight is 157 g/mol. The van der Waals surface area contributed by atoms with E-state index >= 15 is 0 Å². The summed E-state index contributed by atoms with van der Waals surface area (Å²) in [6.07, 6.45) is 0. The maximum absolute atomic E-state index is 12.8. The van der Waals surface area contributed by atoms with Gasteiger partial charge in [0, 0.05) is 13.1 Å². The van der Waals surface area contributed by atoms with Gasteiger partial charge < -0.3 is 5.32 Å². The first-order valence-electron chi connectivity index (χ1n) is 3.28. The van der Waals surface area contributed by atoms with Gasteiger partial charge in [0.25, 0.3) is 0 Å². The Morgan fingerprint density at radius 3 is 2.36 bits per heavy atom. The number of halogens is 2. The summed E-state index contributed by atoms with van der Waals surface area (Å²) in [7, 11) is 1.55. The molecule has 0 amide bonds. The van der Waals surface area contributed by atoms with E-state index in [0.29, 0.717) is 5.56 Å². The third-order valence-electron chi connectivity index (χ3n) is 1.52. The lowest BCUT2D eigenvalue weighted by Gasteiger charge is -2.03. The molecular formula is C8H9F2N. The van der Waals surface area contributed by atoms with Gasteiger partial charge in [-0.3, -0.25) is 0 Å². The SMILES string of the molecule is CNc1cc(F)c(C)cc1F. The van der Waals surface area contributed by atoms with Gasteiger partial charge in [0.05, 0.1) is 5.69 Å². The first-order valence-corrected chi connectivity index (χ1v) is 3.28. The Kier molecular flexibility index (Phi) is 2.08. The highest BCUT2D eigenvalue weighted by Crippen LogP contribution is 2.17. The molecule has 1 N–H and O–H groups in total. The van der Waals surface area contributed by atoms with Crippen LogP contribution in [0.3, 0.4) is 0 Å². The minimum Gasteiger partial charge on any atom is -0.386 e. The van der Waals surface area contributed by atoms with Crippen molar-refractivity contribution in [2.45, 2.75) is 6.92 Å². The largest absolute Gasteiger partial charge is 0.386 e. The average Bonchev–Trinajstić information content (AvgIpc) is 1.97. The molecule has 3 heteroatoms. The van der Waals surface area contributed by atoms with Crippen LogP contribution in [0.4, 0.5) is 14.5 Å². The molecule has 1 aromatic carbocycles. The van der Waals surface area contributed by atoms with E-state index in [1.54, 1.807) is 7.05 Å². The van der Waals surface area contributed by atoms with Crippen molar-refractivity contribution in [3.8, 4) is 0 Å². The number of nitrogens with one attached hydrogen (secondary N) is 1. The van der Waals surface area contributed by atoms with Crippen LogP contribution in [0.2, 0.25) is 0 Å². The lowest BCUT2D eigenvalue weighted by Crippen LogP contribution is -1.95. The zero-order valence-corrected chi connectivity index (χ0v) is 6.41. The van der Waals surface area contributed by atoms with Crippen LogP contribution in [-0.4, -0.2) is 7.05 Å². The molecule has 60 valence electrons. The highest BCUT2D eigenvalue weighted by Gasteiger charge is 2.04. The van der Waals surface area contributed by atoms with E-state index in [9.17, 15) is 8.78 Å². The molecule has 0 unspecified atom stereocenters. The van der Waals surface area contributed by atoms with Crippen molar-refractivity contribution in [1.29, 1.82) is 0 Å². The molecule has 0 heterocycles. The first-order chi connectivity index (χ1) is 5.15. The fraction of sp³-hybridized carbons (Fsp3) is 0.250. The predicted octanol–water partition coefficient (Wildman–Crippen LogP) is 2.31. The second kappa shape index (κ2) is 2.86. The smallest absolute Gasteiger partial charge is 0.146 e. The van der Waals surface area contributed by atoms with Crippen molar-refractivity contribution in [2.75, 3.05) is 12.4 Å². The number of hydrogen-bond acceptors (Lipinski definition) is 1. The Labute approximate surface area is 64.0 Å². The van der Waals surface area contributed by atoms with Crippen molar-refractivity contribution in [2.24, 2.45) is 0 Å². The van der Waals surface area contributed by atoms with Crippen LogP contribution >= 0.6 is 0 Å². The minimum atomic E-state index is -0.425. The topological polar surface area (TPSA) is 12.0 Å². The molecule has 0 atom stereocenters. The van der Waals surface area contributed by atoms with E-state index in [-0.39, 0.29) is 5.69 Å². The summed E-state index contributed by atoms with van der Waals surface area (Å²) < 4.78 is 25.5. The summed E-state index contributed by atoms with van der Waals surface area (Å²) >= 11 is 0. The lowest BCUT2D eigenvalue weighted by atomic mass is 10.2. The summed E-state index contributed by atoms with van der Waals surface area (Å²) in [6, 6.07) is 2.31. The standard InChI is InChI=1S/C8H9F2N/c1-5-3-7(10)8(11-2)4-6(5)9/h3-4,11H,1-2H3.